The van der Waals surface area contributed by atoms with Crippen molar-refractivity contribution in [3.63, 3.8) is 0 Å². The molecule has 2 heterocycles. The third-order valence-electron chi connectivity index (χ3n) is 2.89. The number of aryl methyl sites for hydroxylation is 1. The quantitative estimate of drug-likeness (QED) is 0.782. The second kappa shape index (κ2) is 5.07. The first-order valence-corrected chi connectivity index (χ1v) is 6.56. The van der Waals surface area contributed by atoms with Gasteiger partial charge in [-0.1, -0.05) is 6.58 Å². The molecule has 19 heavy (non-hydrogen) atoms. The molecule has 2 rings (SSSR count). The number of hydrogen-bond acceptors (Lipinski definition) is 3. The highest BCUT2D eigenvalue weighted by molar-refractivity contribution is 5.68. The van der Waals surface area contributed by atoms with Gasteiger partial charge in [-0.05, 0) is 39.3 Å². The van der Waals surface area contributed by atoms with E-state index in [0.29, 0.717) is 13.1 Å². The summed E-state index contributed by atoms with van der Waals surface area (Å²) >= 11 is 0. The Balaban J connectivity index is 2.12. The van der Waals surface area contributed by atoms with E-state index in [1.165, 1.54) is 0 Å². The second-order valence-corrected chi connectivity index (χ2v) is 5.74. The summed E-state index contributed by atoms with van der Waals surface area (Å²) in [7, 11) is 0. The van der Waals surface area contributed by atoms with Crippen LogP contribution in [0.1, 0.15) is 38.6 Å². The van der Waals surface area contributed by atoms with Gasteiger partial charge >= 0.3 is 6.09 Å². The standard InChI is InChI=1S/C14H21N3O2/c1-5-11-9-12-10-16(7-6-8-17(12)15-11)13(18)19-14(2,3)4/h5,9H,1,6-8,10H2,2-4H3. The minimum atomic E-state index is -0.462. The van der Waals surface area contributed by atoms with E-state index < -0.39 is 5.60 Å². The lowest BCUT2D eigenvalue weighted by Crippen LogP contribution is -2.36. The third-order valence-corrected chi connectivity index (χ3v) is 2.89. The van der Waals surface area contributed by atoms with Crippen LogP contribution >= 0.6 is 0 Å². The minimum Gasteiger partial charge on any atom is -0.444 e. The lowest BCUT2D eigenvalue weighted by molar-refractivity contribution is 0.0236. The summed E-state index contributed by atoms with van der Waals surface area (Å²) in [5, 5.41) is 4.42. The Morgan fingerprint density at radius 1 is 1.47 bits per heavy atom. The molecule has 0 bridgehead atoms. The number of amides is 1. The molecule has 0 unspecified atom stereocenters. The predicted molar refractivity (Wildman–Crippen MR) is 73.6 cm³/mol. The Bertz CT molecular complexity index is 485. The molecule has 0 saturated carbocycles. The van der Waals surface area contributed by atoms with Gasteiger partial charge in [0.25, 0.3) is 0 Å². The van der Waals surface area contributed by atoms with Crippen LogP contribution in [0.25, 0.3) is 6.08 Å². The normalized spacial score (nSPS) is 15.6. The lowest BCUT2D eigenvalue weighted by atomic mass is 10.2. The maximum atomic E-state index is 12.1. The Morgan fingerprint density at radius 3 is 2.84 bits per heavy atom. The Morgan fingerprint density at radius 2 is 2.21 bits per heavy atom. The first kappa shape index (κ1) is 13.6. The molecule has 0 radical (unpaired) electrons. The maximum Gasteiger partial charge on any atom is 0.410 e. The summed E-state index contributed by atoms with van der Waals surface area (Å²) in [4.78, 5) is 13.8. The SMILES string of the molecule is C=Cc1cc2n(n1)CCCN(C(=O)OC(C)(C)C)C2. The lowest BCUT2D eigenvalue weighted by Gasteiger charge is -2.26. The van der Waals surface area contributed by atoms with E-state index in [-0.39, 0.29) is 6.09 Å². The summed E-state index contributed by atoms with van der Waals surface area (Å²) in [6, 6.07) is 1.97. The molecule has 1 aliphatic heterocycles. The monoisotopic (exact) mass is 263 g/mol. The van der Waals surface area contributed by atoms with Crippen molar-refractivity contribution in [2.24, 2.45) is 0 Å². The predicted octanol–water partition coefficient (Wildman–Crippen LogP) is 2.67. The molecule has 0 N–H and O–H groups in total. The molecule has 0 spiro atoms. The summed E-state index contributed by atoms with van der Waals surface area (Å²) in [6.07, 6.45) is 2.34. The number of rotatable bonds is 1. The van der Waals surface area contributed by atoms with Gasteiger partial charge in [-0.25, -0.2) is 4.79 Å². The van der Waals surface area contributed by atoms with Gasteiger partial charge < -0.3 is 9.64 Å². The summed E-state index contributed by atoms with van der Waals surface area (Å²) in [5.74, 6) is 0. The van der Waals surface area contributed by atoms with E-state index in [1.54, 1.807) is 11.0 Å². The Hall–Kier alpha value is -1.78. The van der Waals surface area contributed by atoms with Gasteiger partial charge in [-0.2, -0.15) is 5.10 Å². The number of hydrogen-bond donors (Lipinski definition) is 0. The van der Waals surface area contributed by atoms with E-state index >= 15 is 0 Å². The molecule has 0 fully saturated rings. The van der Waals surface area contributed by atoms with Crippen LogP contribution in [-0.4, -0.2) is 32.9 Å². The number of ether oxygens (including phenoxy) is 1. The van der Waals surface area contributed by atoms with Crippen LogP contribution in [-0.2, 0) is 17.8 Å². The molecule has 5 nitrogen and oxygen atoms in total. The Kier molecular flexibility index (Phi) is 3.64. The number of aromatic nitrogens is 2. The zero-order valence-corrected chi connectivity index (χ0v) is 11.8. The van der Waals surface area contributed by atoms with Crippen LogP contribution in [0.15, 0.2) is 12.6 Å². The molecule has 104 valence electrons. The van der Waals surface area contributed by atoms with Crippen molar-refractivity contribution < 1.29 is 9.53 Å². The van der Waals surface area contributed by atoms with Gasteiger partial charge in [-0.15, -0.1) is 0 Å². The molecular weight excluding hydrogens is 242 g/mol. The molecule has 1 aliphatic rings. The fraction of sp³-hybridized carbons (Fsp3) is 0.571. The molecular formula is C14H21N3O2. The third kappa shape index (κ3) is 3.36. The topological polar surface area (TPSA) is 47.4 Å². The average Bonchev–Trinajstić information content (AvgIpc) is 2.58. The van der Waals surface area contributed by atoms with E-state index in [4.69, 9.17) is 4.74 Å². The molecule has 0 aromatic carbocycles. The number of nitrogens with zero attached hydrogens (tertiary/aromatic N) is 3. The minimum absolute atomic E-state index is 0.262. The van der Waals surface area contributed by atoms with Crippen molar-refractivity contribution in [3.05, 3.63) is 24.0 Å². The van der Waals surface area contributed by atoms with Crippen molar-refractivity contribution in [3.8, 4) is 0 Å². The summed E-state index contributed by atoms with van der Waals surface area (Å²) in [5.41, 5.74) is 1.41. The number of carbonyl (C=O) groups is 1. The van der Waals surface area contributed by atoms with Crippen molar-refractivity contribution in [2.75, 3.05) is 6.54 Å². The molecule has 1 aromatic heterocycles. The molecule has 0 aliphatic carbocycles. The first-order valence-electron chi connectivity index (χ1n) is 6.56. The molecule has 0 atom stereocenters. The van der Waals surface area contributed by atoms with Crippen molar-refractivity contribution in [1.29, 1.82) is 0 Å². The average molecular weight is 263 g/mol. The van der Waals surface area contributed by atoms with Crippen LogP contribution < -0.4 is 0 Å². The number of carbonyl (C=O) groups excluding carboxylic acids is 1. The van der Waals surface area contributed by atoms with Gasteiger partial charge in [0.1, 0.15) is 5.60 Å². The fourth-order valence-electron chi connectivity index (χ4n) is 2.07. The number of fused-ring (bicyclic) bond motifs is 1. The molecule has 1 amide bonds. The smallest absolute Gasteiger partial charge is 0.410 e. The van der Waals surface area contributed by atoms with Gasteiger partial charge in [0, 0.05) is 13.1 Å². The van der Waals surface area contributed by atoms with Gasteiger partial charge in [0.05, 0.1) is 17.9 Å². The van der Waals surface area contributed by atoms with Crippen LogP contribution in [0, 0.1) is 0 Å². The van der Waals surface area contributed by atoms with Crippen LogP contribution in [0.5, 0.6) is 0 Å². The molecule has 0 saturated heterocycles. The molecule has 1 aromatic rings. The maximum absolute atomic E-state index is 12.1. The zero-order valence-electron chi connectivity index (χ0n) is 11.8. The highest BCUT2D eigenvalue weighted by Gasteiger charge is 2.25. The second-order valence-electron chi connectivity index (χ2n) is 5.74. The highest BCUT2D eigenvalue weighted by atomic mass is 16.6. The zero-order chi connectivity index (χ0) is 14.0. The van der Waals surface area contributed by atoms with E-state index in [9.17, 15) is 4.79 Å². The molecule has 5 heteroatoms. The van der Waals surface area contributed by atoms with Crippen LogP contribution in [0.4, 0.5) is 4.79 Å². The fourth-order valence-corrected chi connectivity index (χ4v) is 2.07. The van der Waals surface area contributed by atoms with Crippen molar-refractivity contribution in [2.45, 2.75) is 45.9 Å². The van der Waals surface area contributed by atoms with Crippen molar-refractivity contribution in [1.82, 2.24) is 14.7 Å². The highest BCUT2D eigenvalue weighted by Crippen LogP contribution is 2.17. The first-order chi connectivity index (χ1) is 8.89. The Labute approximate surface area is 113 Å². The van der Waals surface area contributed by atoms with Gasteiger partial charge in [0.2, 0.25) is 0 Å². The summed E-state index contributed by atoms with van der Waals surface area (Å²) < 4.78 is 7.36. The van der Waals surface area contributed by atoms with Crippen LogP contribution in [0.3, 0.4) is 0 Å². The van der Waals surface area contributed by atoms with Crippen LogP contribution in [0.2, 0.25) is 0 Å². The van der Waals surface area contributed by atoms with E-state index in [2.05, 4.69) is 11.7 Å². The largest absolute Gasteiger partial charge is 0.444 e. The van der Waals surface area contributed by atoms with E-state index in [0.717, 1.165) is 24.4 Å². The summed E-state index contributed by atoms with van der Waals surface area (Å²) in [6.45, 7) is 11.4. The van der Waals surface area contributed by atoms with Gasteiger partial charge in [-0.3, -0.25) is 4.68 Å². The van der Waals surface area contributed by atoms with Gasteiger partial charge in [0.15, 0.2) is 0 Å². The van der Waals surface area contributed by atoms with E-state index in [1.807, 2.05) is 31.5 Å². The van der Waals surface area contributed by atoms with Crippen molar-refractivity contribution >= 4 is 12.2 Å².